The largest absolute Gasteiger partial charge is 0.480 e. The maximum atomic E-state index is 12.3. The average molecular weight is 346 g/mol. The highest BCUT2D eigenvalue weighted by molar-refractivity contribution is 7.90. The molecule has 1 amide bonds. The van der Waals surface area contributed by atoms with Gasteiger partial charge in [-0.25, -0.2) is 13.1 Å². The minimum absolute atomic E-state index is 0.0403. The summed E-state index contributed by atoms with van der Waals surface area (Å²) >= 11 is 0. The predicted octanol–water partition coefficient (Wildman–Crippen LogP) is 0.806. The van der Waals surface area contributed by atoms with Crippen LogP contribution in [0.5, 0.6) is 0 Å². The first-order valence-corrected chi connectivity index (χ1v) is 9.83. The molecule has 2 aliphatic rings. The van der Waals surface area contributed by atoms with Crippen molar-refractivity contribution in [3.05, 3.63) is 0 Å². The van der Waals surface area contributed by atoms with Gasteiger partial charge in [-0.1, -0.05) is 33.1 Å². The van der Waals surface area contributed by atoms with Crippen molar-refractivity contribution in [2.45, 2.75) is 57.2 Å². The van der Waals surface area contributed by atoms with Gasteiger partial charge in [-0.15, -0.1) is 0 Å². The summed E-state index contributed by atoms with van der Waals surface area (Å²) in [5, 5.41) is 8.49. The van der Waals surface area contributed by atoms with E-state index in [1.54, 1.807) is 11.8 Å². The van der Waals surface area contributed by atoms with Crippen LogP contribution < -0.4 is 4.72 Å². The van der Waals surface area contributed by atoms with Gasteiger partial charge in [0.15, 0.2) is 0 Å². The van der Waals surface area contributed by atoms with Crippen LogP contribution in [0.1, 0.15) is 46.0 Å². The molecule has 0 spiro atoms. The first kappa shape index (κ1) is 18.2. The van der Waals surface area contributed by atoms with Crippen molar-refractivity contribution in [1.29, 1.82) is 0 Å². The molecule has 0 aromatic rings. The molecule has 0 aromatic heterocycles. The van der Waals surface area contributed by atoms with Gasteiger partial charge in [0.2, 0.25) is 15.9 Å². The molecule has 0 unspecified atom stereocenters. The van der Waals surface area contributed by atoms with E-state index < -0.39 is 27.3 Å². The van der Waals surface area contributed by atoms with E-state index in [9.17, 15) is 23.1 Å². The quantitative estimate of drug-likeness (QED) is 0.710. The van der Waals surface area contributed by atoms with Gasteiger partial charge in [0.05, 0.1) is 0 Å². The normalized spacial score (nSPS) is 22.6. The van der Waals surface area contributed by atoms with Gasteiger partial charge in [-0.2, -0.15) is 0 Å². The van der Waals surface area contributed by atoms with Gasteiger partial charge in [0.25, 0.3) is 0 Å². The Morgan fingerprint density at radius 3 is 2.30 bits per heavy atom. The number of carbonyl (C=O) groups excluding carboxylic acids is 1. The van der Waals surface area contributed by atoms with E-state index in [4.69, 9.17) is 0 Å². The lowest BCUT2D eigenvalue weighted by Crippen LogP contribution is -2.62. The second kappa shape index (κ2) is 7.17. The van der Waals surface area contributed by atoms with Crippen molar-refractivity contribution in [3.63, 3.8) is 0 Å². The van der Waals surface area contributed by atoms with Crippen LogP contribution in [0, 0.1) is 11.8 Å². The fraction of sp³-hybridized carbons (Fsp3) is 0.867. The number of nitrogens with zero attached hydrogens (tertiary/aromatic N) is 1. The third-order valence-electron chi connectivity index (χ3n) is 5.07. The Balaban J connectivity index is 1.92. The van der Waals surface area contributed by atoms with Crippen molar-refractivity contribution >= 4 is 21.9 Å². The zero-order chi connectivity index (χ0) is 17.2. The number of rotatable bonds is 7. The Hall–Kier alpha value is -1.15. The minimum atomic E-state index is -3.74. The zero-order valence-corrected chi connectivity index (χ0v) is 14.5. The zero-order valence-electron chi connectivity index (χ0n) is 13.7. The lowest BCUT2D eigenvalue weighted by Gasteiger charge is -2.40. The molecule has 0 bridgehead atoms. The van der Waals surface area contributed by atoms with Crippen molar-refractivity contribution in [3.8, 4) is 0 Å². The molecule has 2 fully saturated rings. The molecule has 23 heavy (non-hydrogen) atoms. The summed E-state index contributed by atoms with van der Waals surface area (Å²) < 4.78 is 27.0. The molecule has 1 aliphatic carbocycles. The van der Waals surface area contributed by atoms with Crippen molar-refractivity contribution < 1.29 is 23.1 Å². The molecule has 1 saturated heterocycles. The Kier molecular flexibility index (Phi) is 5.67. The fourth-order valence-electron chi connectivity index (χ4n) is 3.16. The van der Waals surface area contributed by atoms with E-state index in [1.165, 1.54) is 0 Å². The summed E-state index contributed by atoms with van der Waals surface area (Å²) in [6, 6.07) is -1.12. The van der Waals surface area contributed by atoms with Gasteiger partial charge in [0.1, 0.15) is 11.3 Å². The van der Waals surface area contributed by atoms with E-state index in [2.05, 4.69) is 4.72 Å². The topological polar surface area (TPSA) is 104 Å². The summed E-state index contributed by atoms with van der Waals surface area (Å²) in [4.78, 5) is 25.0. The molecule has 0 radical (unpaired) electrons. The number of likely N-dealkylation sites (tertiary alicyclic amines) is 1. The third kappa shape index (κ3) is 4.03. The molecule has 2 N–H and O–H groups in total. The molecule has 132 valence electrons. The molecule has 2 rings (SSSR count). The van der Waals surface area contributed by atoms with Crippen molar-refractivity contribution in [2.24, 2.45) is 11.8 Å². The van der Waals surface area contributed by atoms with Crippen LogP contribution in [0.2, 0.25) is 0 Å². The van der Waals surface area contributed by atoms with Crippen LogP contribution in [-0.2, 0) is 19.6 Å². The predicted molar refractivity (Wildman–Crippen MR) is 85.3 cm³/mol. The standard InChI is InChI=1S/C15H26N2O5S/c1-3-10(2)13(15(19)20)16-23(21,22)12-8-17(9-12)14(18)11-6-4-5-7-11/h10-13,16H,3-9H2,1-2H3,(H,19,20)/t10-,13-/m0/s1. The van der Waals surface area contributed by atoms with E-state index in [-0.39, 0.29) is 30.8 Å². The summed E-state index contributed by atoms with van der Waals surface area (Å²) in [6.45, 7) is 3.85. The highest BCUT2D eigenvalue weighted by Gasteiger charge is 2.43. The van der Waals surface area contributed by atoms with Gasteiger partial charge >= 0.3 is 5.97 Å². The SMILES string of the molecule is CC[C@H](C)[C@H](NS(=O)(=O)C1CN(C(=O)C2CCCC2)C1)C(=O)O. The second-order valence-electron chi connectivity index (χ2n) is 6.71. The van der Waals surface area contributed by atoms with E-state index in [1.807, 2.05) is 6.92 Å². The Bertz CT molecular complexity index is 550. The number of nitrogens with one attached hydrogen (secondary N) is 1. The third-order valence-corrected chi connectivity index (χ3v) is 6.83. The second-order valence-corrected chi connectivity index (χ2v) is 8.70. The Morgan fingerprint density at radius 2 is 1.83 bits per heavy atom. The molecule has 7 nitrogen and oxygen atoms in total. The summed E-state index contributed by atoms with van der Waals surface area (Å²) in [6.07, 6.45) is 4.46. The first-order chi connectivity index (χ1) is 10.8. The number of carboxylic acids is 1. The number of aliphatic carboxylic acids is 1. The van der Waals surface area contributed by atoms with Crippen LogP contribution in [0.25, 0.3) is 0 Å². The highest BCUT2D eigenvalue weighted by atomic mass is 32.2. The molecule has 0 aromatic carbocycles. The fourth-order valence-corrected chi connectivity index (χ4v) is 4.80. The summed E-state index contributed by atoms with van der Waals surface area (Å²) in [7, 11) is -3.74. The summed E-state index contributed by atoms with van der Waals surface area (Å²) in [5.41, 5.74) is 0. The van der Waals surface area contributed by atoms with Crippen LogP contribution in [0.15, 0.2) is 0 Å². The summed E-state index contributed by atoms with van der Waals surface area (Å²) in [5.74, 6) is -1.37. The number of hydrogen-bond donors (Lipinski definition) is 2. The lowest BCUT2D eigenvalue weighted by atomic mass is 10.0. The van der Waals surface area contributed by atoms with Gasteiger partial charge in [-0.3, -0.25) is 9.59 Å². The van der Waals surface area contributed by atoms with Gasteiger partial charge in [0, 0.05) is 19.0 Å². The minimum Gasteiger partial charge on any atom is -0.480 e. The first-order valence-electron chi connectivity index (χ1n) is 8.29. The molecule has 2 atom stereocenters. The van der Waals surface area contributed by atoms with E-state index in [0.717, 1.165) is 25.7 Å². The molecule has 1 saturated carbocycles. The molecule has 1 heterocycles. The smallest absolute Gasteiger partial charge is 0.322 e. The number of sulfonamides is 1. The van der Waals surface area contributed by atoms with E-state index in [0.29, 0.717) is 6.42 Å². The number of carbonyl (C=O) groups is 2. The molecule has 8 heteroatoms. The van der Waals surface area contributed by atoms with Crippen molar-refractivity contribution in [2.75, 3.05) is 13.1 Å². The monoisotopic (exact) mass is 346 g/mol. The van der Waals surface area contributed by atoms with Crippen LogP contribution in [0.4, 0.5) is 0 Å². The van der Waals surface area contributed by atoms with Gasteiger partial charge < -0.3 is 10.0 Å². The highest BCUT2D eigenvalue weighted by Crippen LogP contribution is 2.29. The number of amides is 1. The van der Waals surface area contributed by atoms with Crippen LogP contribution in [0.3, 0.4) is 0 Å². The van der Waals surface area contributed by atoms with Crippen LogP contribution in [-0.4, -0.2) is 54.7 Å². The number of hydrogen-bond acceptors (Lipinski definition) is 4. The lowest BCUT2D eigenvalue weighted by molar-refractivity contribution is -0.141. The molecular weight excluding hydrogens is 320 g/mol. The maximum absolute atomic E-state index is 12.3. The number of carboxylic acid groups (broad SMARTS) is 1. The Labute approximate surface area is 137 Å². The maximum Gasteiger partial charge on any atom is 0.322 e. The van der Waals surface area contributed by atoms with Crippen molar-refractivity contribution in [1.82, 2.24) is 9.62 Å². The average Bonchev–Trinajstić information content (AvgIpc) is 2.95. The van der Waals surface area contributed by atoms with E-state index >= 15 is 0 Å². The Morgan fingerprint density at radius 1 is 1.26 bits per heavy atom. The van der Waals surface area contributed by atoms with Gasteiger partial charge in [-0.05, 0) is 18.8 Å². The molecular formula is C15H26N2O5S. The van der Waals surface area contributed by atoms with Crippen LogP contribution >= 0.6 is 0 Å². The molecule has 1 aliphatic heterocycles.